The molecule has 1 N–H and O–H groups in total. The first-order chi connectivity index (χ1) is 11.6. The average Bonchev–Trinajstić information content (AvgIpc) is 3.10. The fourth-order valence-electron chi connectivity index (χ4n) is 3.63. The molecule has 1 aliphatic carbocycles. The molecule has 0 unspecified atom stereocenters. The number of amides is 1. The van der Waals surface area contributed by atoms with Gasteiger partial charge in [-0.05, 0) is 43.2 Å². The molecule has 3 nitrogen and oxygen atoms in total. The summed E-state index contributed by atoms with van der Waals surface area (Å²) in [5.41, 5.74) is 1.54. The first-order valence-corrected chi connectivity index (χ1v) is 8.32. The van der Waals surface area contributed by atoms with E-state index in [1.165, 1.54) is 24.3 Å². The van der Waals surface area contributed by atoms with Gasteiger partial charge >= 0.3 is 0 Å². The summed E-state index contributed by atoms with van der Waals surface area (Å²) < 4.78 is 18.5. The van der Waals surface area contributed by atoms with E-state index in [9.17, 15) is 9.18 Å². The normalized spacial score (nSPS) is 15.9. The number of hydrogen-bond donors (Lipinski definition) is 1. The Kier molecular flexibility index (Phi) is 4.84. The van der Waals surface area contributed by atoms with Crippen LogP contribution in [-0.2, 0) is 5.41 Å². The van der Waals surface area contributed by atoms with Crippen LogP contribution < -0.4 is 10.1 Å². The Morgan fingerprint density at radius 2 is 1.79 bits per heavy atom. The molecular weight excluding hydrogens is 305 g/mol. The summed E-state index contributed by atoms with van der Waals surface area (Å²) in [5.74, 6) is 0.361. The number of nitrogens with one attached hydrogen (secondary N) is 1. The zero-order valence-electron chi connectivity index (χ0n) is 13.8. The zero-order chi connectivity index (χ0) is 17.0. The van der Waals surface area contributed by atoms with Crippen LogP contribution in [0.5, 0.6) is 5.75 Å². The lowest BCUT2D eigenvalue weighted by Crippen LogP contribution is -2.39. The molecule has 126 valence electrons. The van der Waals surface area contributed by atoms with E-state index in [-0.39, 0.29) is 17.1 Å². The summed E-state index contributed by atoms with van der Waals surface area (Å²) >= 11 is 0. The van der Waals surface area contributed by atoms with E-state index in [4.69, 9.17) is 4.74 Å². The first kappa shape index (κ1) is 16.5. The van der Waals surface area contributed by atoms with Gasteiger partial charge in [0, 0.05) is 23.1 Å². The number of methoxy groups -OCH3 is 1. The number of carbonyl (C=O) groups is 1. The maximum atomic E-state index is 13.0. The minimum atomic E-state index is -0.340. The van der Waals surface area contributed by atoms with Crippen LogP contribution in [0.3, 0.4) is 0 Å². The third kappa shape index (κ3) is 3.28. The summed E-state index contributed by atoms with van der Waals surface area (Å²) in [5, 5.41) is 3.03. The van der Waals surface area contributed by atoms with Crippen molar-refractivity contribution < 1.29 is 13.9 Å². The van der Waals surface area contributed by atoms with Gasteiger partial charge in [0.05, 0.1) is 7.11 Å². The molecule has 0 aromatic heterocycles. The maximum absolute atomic E-state index is 13.0. The van der Waals surface area contributed by atoms with Crippen LogP contribution in [0.2, 0.25) is 0 Å². The Balaban J connectivity index is 1.79. The predicted molar refractivity (Wildman–Crippen MR) is 91.9 cm³/mol. The summed E-state index contributed by atoms with van der Waals surface area (Å²) in [7, 11) is 1.68. The number of carbonyl (C=O) groups excluding carboxylic acids is 1. The van der Waals surface area contributed by atoms with E-state index in [1.807, 2.05) is 18.2 Å². The van der Waals surface area contributed by atoms with Gasteiger partial charge in [-0.2, -0.15) is 0 Å². The lowest BCUT2D eigenvalue weighted by Gasteiger charge is -2.31. The van der Waals surface area contributed by atoms with Crippen molar-refractivity contribution in [3.8, 4) is 5.75 Å². The van der Waals surface area contributed by atoms with Crippen LogP contribution in [0.4, 0.5) is 4.39 Å². The Morgan fingerprint density at radius 3 is 2.46 bits per heavy atom. The molecule has 0 spiro atoms. The second kappa shape index (κ2) is 7.04. The Labute approximate surface area is 141 Å². The van der Waals surface area contributed by atoms with Crippen molar-refractivity contribution in [2.45, 2.75) is 31.1 Å². The highest BCUT2D eigenvalue weighted by Gasteiger charge is 2.38. The third-order valence-corrected chi connectivity index (χ3v) is 4.93. The number of hydrogen-bond acceptors (Lipinski definition) is 2. The molecule has 24 heavy (non-hydrogen) atoms. The minimum Gasteiger partial charge on any atom is -0.496 e. The van der Waals surface area contributed by atoms with Crippen molar-refractivity contribution in [1.82, 2.24) is 5.32 Å². The zero-order valence-corrected chi connectivity index (χ0v) is 13.8. The lowest BCUT2D eigenvalue weighted by atomic mass is 9.78. The highest BCUT2D eigenvalue weighted by Crippen LogP contribution is 2.44. The highest BCUT2D eigenvalue weighted by atomic mass is 19.1. The van der Waals surface area contributed by atoms with Crippen molar-refractivity contribution in [3.05, 3.63) is 65.5 Å². The largest absolute Gasteiger partial charge is 0.496 e. The molecule has 0 aliphatic heterocycles. The smallest absolute Gasteiger partial charge is 0.251 e. The molecular formula is C20H22FNO2. The van der Waals surface area contributed by atoms with Crippen molar-refractivity contribution >= 4 is 5.91 Å². The van der Waals surface area contributed by atoms with Crippen molar-refractivity contribution in [2.24, 2.45) is 0 Å². The molecule has 0 heterocycles. The lowest BCUT2D eigenvalue weighted by molar-refractivity contribution is 0.0942. The van der Waals surface area contributed by atoms with E-state index < -0.39 is 0 Å². The maximum Gasteiger partial charge on any atom is 0.251 e. The summed E-state index contributed by atoms with van der Waals surface area (Å²) in [6.45, 7) is 0.559. The quantitative estimate of drug-likeness (QED) is 0.899. The average molecular weight is 327 g/mol. The van der Waals surface area contributed by atoms with Crippen LogP contribution in [-0.4, -0.2) is 19.6 Å². The van der Waals surface area contributed by atoms with E-state index in [2.05, 4.69) is 11.4 Å². The molecule has 4 heteroatoms. The predicted octanol–water partition coefficient (Wildman–Crippen LogP) is 4.08. The van der Waals surface area contributed by atoms with Crippen molar-refractivity contribution in [2.75, 3.05) is 13.7 Å². The van der Waals surface area contributed by atoms with Crippen LogP contribution in [0.15, 0.2) is 48.5 Å². The SMILES string of the molecule is COc1ccccc1C1(CNC(=O)c2ccc(F)cc2)CCCC1. The number of rotatable bonds is 5. The van der Waals surface area contributed by atoms with Gasteiger partial charge in [-0.25, -0.2) is 4.39 Å². The van der Waals surface area contributed by atoms with Gasteiger partial charge in [0.2, 0.25) is 0 Å². The fourth-order valence-corrected chi connectivity index (χ4v) is 3.63. The summed E-state index contributed by atoms with van der Waals surface area (Å²) in [6, 6.07) is 13.7. The number of halogens is 1. The molecule has 2 aromatic carbocycles. The van der Waals surface area contributed by atoms with Crippen molar-refractivity contribution in [3.63, 3.8) is 0 Å². The van der Waals surface area contributed by atoms with Crippen LogP contribution in [0, 0.1) is 5.82 Å². The van der Waals surface area contributed by atoms with E-state index in [1.54, 1.807) is 7.11 Å². The molecule has 2 aromatic rings. The minimum absolute atomic E-state index is 0.0949. The molecule has 0 saturated heterocycles. The van der Waals surface area contributed by atoms with Crippen molar-refractivity contribution in [1.29, 1.82) is 0 Å². The standard InChI is InChI=1S/C20H22FNO2/c1-24-18-7-3-2-6-17(18)20(12-4-5-13-20)14-22-19(23)15-8-10-16(21)11-9-15/h2-3,6-11H,4-5,12-14H2,1H3,(H,22,23). The van der Waals surface area contributed by atoms with E-state index in [0.717, 1.165) is 37.0 Å². The van der Waals surface area contributed by atoms with Crippen LogP contribution in [0.1, 0.15) is 41.6 Å². The number of benzene rings is 2. The molecule has 1 saturated carbocycles. The van der Waals surface area contributed by atoms with Gasteiger partial charge in [0.15, 0.2) is 0 Å². The number of para-hydroxylation sites is 1. The summed E-state index contributed by atoms with van der Waals surface area (Å²) in [6.07, 6.45) is 4.34. The van der Waals surface area contributed by atoms with E-state index >= 15 is 0 Å². The molecule has 1 amide bonds. The van der Waals surface area contributed by atoms with Gasteiger partial charge in [-0.3, -0.25) is 4.79 Å². The second-order valence-corrected chi connectivity index (χ2v) is 6.38. The molecule has 1 fully saturated rings. The first-order valence-electron chi connectivity index (χ1n) is 8.32. The monoisotopic (exact) mass is 327 g/mol. The van der Waals surface area contributed by atoms with Gasteiger partial charge < -0.3 is 10.1 Å². The van der Waals surface area contributed by atoms with Gasteiger partial charge in [-0.1, -0.05) is 31.0 Å². The molecule has 0 radical (unpaired) electrons. The van der Waals surface area contributed by atoms with Gasteiger partial charge in [-0.15, -0.1) is 0 Å². The Hall–Kier alpha value is -2.36. The highest BCUT2D eigenvalue weighted by molar-refractivity contribution is 5.94. The van der Waals surface area contributed by atoms with Crippen LogP contribution >= 0.6 is 0 Å². The second-order valence-electron chi connectivity index (χ2n) is 6.38. The molecule has 0 bridgehead atoms. The van der Waals surface area contributed by atoms with E-state index in [0.29, 0.717) is 12.1 Å². The topological polar surface area (TPSA) is 38.3 Å². The molecule has 1 aliphatic rings. The Morgan fingerprint density at radius 1 is 1.12 bits per heavy atom. The van der Waals surface area contributed by atoms with Crippen LogP contribution in [0.25, 0.3) is 0 Å². The Bertz CT molecular complexity index is 706. The third-order valence-electron chi connectivity index (χ3n) is 4.93. The summed E-state index contributed by atoms with van der Waals surface area (Å²) in [4.78, 5) is 12.4. The fraction of sp³-hybridized carbons (Fsp3) is 0.350. The number of ether oxygens (including phenoxy) is 1. The molecule has 0 atom stereocenters. The molecule has 3 rings (SSSR count). The van der Waals surface area contributed by atoms with Gasteiger partial charge in [0.25, 0.3) is 5.91 Å². The van der Waals surface area contributed by atoms with Gasteiger partial charge in [0.1, 0.15) is 11.6 Å².